The van der Waals surface area contributed by atoms with Gasteiger partial charge in [-0.25, -0.2) is 4.79 Å². The van der Waals surface area contributed by atoms with E-state index in [1.165, 1.54) is 7.05 Å². The Hall–Kier alpha value is -1.63. The minimum Gasteiger partial charge on any atom is -0.481 e. The van der Waals surface area contributed by atoms with Crippen molar-refractivity contribution in [2.45, 2.75) is 26.2 Å². The summed E-state index contributed by atoms with van der Waals surface area (Å²) in [6.45, 7) is 2.92. The van der Waals surface area contributed by atoms with Gasteiger partial charge in [-0.3, -0.25) is 19.8 Å². The maximum absolute atomic E-state index is 11.6. The molecule has 0 aromatic carbocycles. The molecular formula is C12H21N3O4. The van der Waals surface area contributed by atoms with Crippen molar-refractivity contribution in [3.8, 4) is 0 Å². The van der Waals surface area contributed by atoms with Gasteiger partial charge in [0.1, 0.15) is 0 Å². The highest BCUT2D eigenvalue weighted by atomic mass is 16.4. The average Bonchev–Trinajstić information content (AvgIpc) is 2.38. The zero-order valence-electron chi connectivity index (χ0n) is 11.4. The quantitative estimate of drug-likeness (QED) is 0.669. The van der Waals surface area contributed by atoms with Crippen molar-refractivity contribution >= 4 is 17.9 Å². The predicted octanol–water partition coefficient (Wildman–Crippen LogP) is 0.0188. The molecule has 7 nitrogen and oxygen atoms in total. The van der Waals surface area contributed by atoms with Crippen LogP contribution in [0.1, 0.15) is 26.2 Å². The van der Waals surface area contributed by atoms with Gasteiger partial charge in [-0.05, 0) is 25.8 Å². The molecule has 108 valence electrons. The lowest BCUT2D eigenvalue weighted by Crippen LogP contribution is -2.51. The molecule has 0 spiro atoms. The number of carboxylic acid groups (broad SMARTS) is 1. The van der Waals surface area contributed by atoms with Gasteiger partial charge in [-0.2, -0.15) is 0 Å². The number of hydrogen-bond acceptors (Lipinski definition) is 4. The number of imide groups is 1. The molecule has 0 radical (unpaired) electrons. The minimum absolute atomic E-state index is 0.0441. The van der Waals surface area contributed by atoms with Crippen molar-refractivity contribution in [3.63, 3.8) is 0 Å². The fraction of sp³-hybridized carbons (Fsp3) is 0.750. The number of urea groups is 1. The maximum atomic E-state index is 11.6. The first-order chi connectivity index (χ1) is 8.93. The van der Waals surface area contributed by atoms with Gasteiger partial charge in [0.05, 0.1) is 12.0 Å². The molecule has 1 aliphatic heterocycles. The number of nitrogens with one attached hydrogen (secondary N) is 2. The van der Waals surface area contributed by atoms with E-state index in [0.29, 0.717) is 25.9 Å². The molecular weight excluding hydrogens is 250 g/mol. The van der Waals surface area contributed by atoms with E-state index < -0.39 is 23.3 Å². The summed E-state index contributed by atoms with van der Waals surface area (Å²) in [5.41, 5.74) is -0.772. The van der Waals surface area contributed by atoms with Crippen LogP contribution in [-0.4, -0.2) is 54.6 Å². The van der Waals surface area contributed by atoms with E-state index in [9.17, 15) is 19.5 Å². The fourth-order valence-corrected chi connectivity index (χ4v) is 2.41. The van der Waals surface area contributed by atoms with Crippen LogP contribution in [0.2, 0.25) is 0 Å². The van der Waals surface area contributed by atoms with Crippen molar-refractivity contribution in [1.29, 1.82) is 0 Å². The van der Waals surface area contributed by atoms with Gasteiger partial charge in [0, 0.05) is 13.6 Å². The Morgan fingerprint density at radius 2 is 2.05 bits per heavy atom. The summed E-state index contributed by atoms with van der Waals surface area (Å²) in [6, 6.07) is -0.554. The molecule has 1 unspecified atom stereocenters. The Kier molecular flexibility index (Phi) is 5.29. The van der Waals surface area contributed by atoms with E-state index in [-0.39, 0.29) is 6.54 Å². The number of carboxylic acids is 1. The van der Waals surface area contributed by atoms with Crippen LogP contribution in [-0.2, 0) is 9.59 Å². The van der Waals surface area contributed by atoms with Crippen LogP contribution in [0.15, 0.2) is 0 Å². The van der Waals surface area contributed by atoms with Gasteiger partial charge in [0.25, 0.3) is 0 Å². The maximum Gasteiger partial charge on any atom is 0.321 e. The SMILES string of the molecule is CCC1(C(=O)O)CCCN(CC(=O)NC(=O)NC)C1. The smallest absolute Gasteiger partial charge is 0.321 e. The van der Waals surface area contributed by atoms with Crippen molar-refractivity contribution in [2.24, 2.45) is 5.41 Å². The van der Waals surface area contributed by atoms with Gasteiger partial charge in [0.15, 0.2) is 0 Å². The van der Waals surface area contributed by atoms with Crippen LogP contribution in [0.3, 0.4) is 0 Å². The summed E-state index contributed by atoms with van der Waals surface area (Å²) < 4.78 is 0. The molecule has 0 aliphatic carbocycles. The Balaban J connectivity index is 2.58. The monoisotopic (exact) mass is 271 g/mol. The van der Waals surface area contributed by atoms with E-state index in [2.05, 4.69) is 10.6 Å². The van der Waals surface area contributed by atoms with Crippen molar-refractivity contribution < 1.29 is 19.5 Å². The number of piperidine rings is 1. The van der Waals surface area contributed by atoms with Crippen LogP contribution in [0.4, 0.5) is 4.79 Å². The van der Waals surface area contributed by atoms with E-state index >= 15 is 0 Å². The van der Waals surface area contributed by atoms with Gasteiger partial charge in [-0.15, -0.1) is 0 Å². The molecule has 3 N–H and O–H groups in total. The molecule has 7 heteroatoms. The molecule has 1 saturated heterocycles. The molecule has 0 bridgehead atoms. The van der Waals surface area contributed by atoms with E-state index in [4.69, 9.17) is 0 Å². The first kappa shape index (κ1) is 15.4. The van der Waals surface area contributed by atoms with Crippen molar-refractivity contribution in [2.75, 3.05) is 26.7 Å². The van der Waals surface area contributed by atoms with Crippen LogP contribution < -0.4 is 10.6 Å². The number of aliphatic carboxylic acids is 1. The van der Waals surface area contributed by atoms with E-state index in [1.54, 1.807) is 4.90 Å². The molecule has 19 heavy (non-hydrogen) atoms. The molecule has 1 rings (SSSR count). The van der Waals surface area contributed by atoms with Crippen LogP contribution in [0.5, 0.6) is 0 Å². The fourth-order valence-electron chi connectivity index (χ4n) is 2.41. The zero-order valence-corrected chi connectivity index (χ0v) is 11.4. The number of nitrogens with zero attached hydrogens (tertiary/aromatic N) is 1. The van der Waals surface area contributed by atoms with Gasteiger partial charge >= 0.3 is 12.0 Å². The molecule has 0 saturated carbocycles. The summed E-state index contributed by atoms with van der Waals surface area (Å²) >= 11 is 0. The number of rotatable bonds is 4. The largest absolute Gasteiger partial charge is 0.481 e. The third-order valence-electron chi connectivity index (χ3n) is 3.63. The third-order valence-corrected chi connectivity index (χ3v) is 3.63. The predicted molar refractivity (Wildman–Crippen MR) is 68.6 cm³/mol. The second-order valence-corrected chi connectivity index (χ2v) is 4.88. The molecule has 1 atom stereocenters. The second-order valence-electron chi connectivity index (χ2n) is 4.88. The van der Waals surface area contributed by atoms with Crippen LogP contribution in [0, 0.1) is 5.41 Å². The highest BCUT2D eigenvalue weighted by Crippen LogP contribution is 2.33. The molecule has 0 aromatic rings. The van der Waals surface area contributed by atoms with E-state index in [1.807, 2.05) is 6.92 Å². The summed E-state index contributed by atoms with van der Waals surface area (Å²) in [4.78, 5) is 35.8. The summed E-state index contributed by atoms with van der Waals surface area (Å²) in [7, 11) is 1.43. The lowest BCUT2D eigenvalue weighted by molar-refractivity contribution is -0.153. The highest BCUT2D eigenvalue weighted by Gasteiger charge is 2.41. The van der Waals surface area contributed by atoms with Crippen LogP contribution >= 0.6 is 0 Å². The summed E-state index contributed by atoms with van der Waals surface area (Å²) in [6.07, 6.45) is 1.91. The third kappa shape index (κ3) is 3.92. The highest BCUT2D eigenvalue weighted by molar-refractivity contribution is 5.95. The van der Waals surface area contributed by atoms with Crippen molar-refractivity contribution in [3.05, 3.63) is 0 Å². The standard InChI is InChI=1S/C12H21N3O4/c1-3-12(10(17)18)5-4-6-15(8-12)7-9(16)14-11(19)13-2/h3-8H2,1-2H3,(H,17,18)(H2,13,14,16,19). The van der Waals surface area contributed by atoms with E-state index in [0.717, 1.165) is 6.42 Å². The Morgan fingerprint density at radius 1 is 1.37 bits per heavy atom. The summed E-state index contributed by atoms with van der Waals surface area (Å²) in [5, 5.41) is 13.8. The number of carbonyl (C=O) groups is 3. The molecule has 1 heterocycles. The minimum atomic E-state index is -0.814. The Bertz CT molecular complexity index is 372. The Labute approximate surface area is 112 Å². The number of likely N-dealkylation sites (tertiary alicyclic amines) is 1. The topological polar surface area (TPSA) is 98.7 Å². The molecule has 1 fully saturated rings. The first-order valence-electron chi connectivity index (χ1n) is 6.41. The average molecular weight is 271 g/mol. The van der Waals surface area contributed by atoms with Crippen molar-refractivity contribution in [1.82, 2.24) is 15.5 Å². The first-order valence-corrected chi connectivity index (χ1v) is 6.41. The zero-order chi connectivity index (χ0) is 14.5. The normalized spacial score (nSPS) is 23.7. The van der Waals surface area contributed by atoms with Gasteiger partial charge in [-0.1, -0.05) is 6.92 Å². The number of amides is 3. The second kappa shape index (κ2) is 6.51. The number of carbonyl (C=O) groups excluding carboxylic acids is 2. The molecule has 3 amide bonds. The van der Waals surface area contributed by atoms with Gasteiger partial charge in [0.2, 0.25) is 5.91 Å². The Morgan fingerprint density at radius 3 is 2.58 bits per heavy atom. The van der Waals surface area contributed by atoms with Gasteiger partial charge < -0.3 is 10.4 Å². The number of hydrogen-bond donors (Lipinski definition) is 3. The summed E-state index contributed by atoms with van der Waals surface area (Å²) in [5.74, 6) is -1.23. The molecule has 1 aliphatic rings. The molecule has 0 aromatic heterocycles. The lowest BCUT2D eigenvalue weighted by Gasteiger charge is -2.39. The lowest BCUT2D eigenvalue weighted by atomic mass is 9.77. The van der Waals surface area contributed by atoms with Crippen LogP contribution in [0.25, 0.3) is 0 Å².